The number of rotatable bonds is 5. The van der Waals surface area contributed by atoms with Gasteiger partial charge in [0.2, 0.25) is 5.91 Å². The van der Waals surface area contributed by atoms with Crippen LogP contribution in [0.4, 0.5) is 10.5 Å². The Morgan fingerprint density at radius 3 is 2.50 bits per heavy atom. The van der Waals surface area contributed by atoms with Gasteiger partial charge in [-0.2, -0.15) is 0 Å². The van der Waals surface area contributed by atoms with Gasteiger partial charge in [0.1, 0.15) is 18.0 Å². The number of carbonyl (C=O) groups excluding carboxylic acids is 2. The molecule has 1 aromatic rings. The molecule has 0 radical (unpaired) electrons. The third-order valence-electron chi connectivity index (χ3n) is 4.56. The Labute approximate surface area is 141 Å². The molecular weight excluding hydrogens is 310 g/mol. The first-order valence-corrected chi connectivity index (χ1v) is 8.20. The molecule has 2 aliphatic rings. The Morgan fingerprint density at radius 1 is 1.08 bits per heavy atom. The van der Waals surface area contributed by atoms with Crippen LogP contribution >= 0.6 is 0 Å². The minimum absolute atomic E-state index is 0.0281. The van der Waals surface area contributed by atoms with Gasteiger partial charge in [-0.1, -0.05) is 0 Å². The van der Waals surface area contributed by atoms with Crippen molar-refractivity contribution in [3.8, 4) is 11.5 Å². The van der Waals surface area contributed by atoms with Gasteiger partial charge in [-0.15, -0.1) is 0 Å². The molecule has 24 heavy (non-hydrogen) atoms. The van der Waals surface area contributed by atoms with Gasteiger partial charge in [-0.3, -0.25) is 9.69 Å². The van der Waals surface area contributed by atoms with E-state index in [1.165, 1.54) is 0 Å². The summed E-state index contributed by atoms with van der Waals surface area (Å²) in [6, 6.07) is 5.17. The largest absolute Gasteiger partial charge is 0.497 e. The second-order valence-corrected chi connectivity index (χ2v) is 5.98. The molecule has 2 aliphatic heterocycles. The summed E-state index contributed by atoms with van der Waals surface area (Å²) >= 11 is 0. The van der Waals surface area contributed by atoms with Crippen LogP contribution in [0.15, 0.2) is 18.2 Å². The van der Waals surface area contributed by atoms with E-state index in [1.807, 2.05) is 4.90 Å². The molecule has 2 saturated heterocycles. The lowest BCUT2D eigenvalue weighted by molar-refractivity contribution is -0.130. The number of nitrogens with zero attached hydrogens (tertiary/aromatic N) is 3. The van der Waals surface area contributed by atoms with Crippen molar-refractivity contribution in [1.82, 2.24) is 9.80 Å². The fraction of sp³-hybridized carbons (Fsp3) is 0.529. The molecule has 7 heteroatoms. The number of carbonyl (C=O) groups is 2. The van der Waals surface area contributed by atoms with E-state index in [9.17, 15) is 9.59 Å². The van der Waals surface area contributed by atoms with Crippen molar-refractivity contribution in [2.24, 2.45) is 0 Å². The Balaban J connectivity index is 1.73. The molecule has 0 aromatic heterocycles. The first-order chi connectivity index (χ1) is 11.6. The van der Waals surface area contributed by atoms with Crippen molar-refractivity contribution < 1.29 is 19.1 Å². The maximum atomic E-state index is 12.7. The average Bonchev–Trinajstić information content (AvgIpc) is 3.25. The minimum Gasteiger partial charge on any atom is -0.497 e. The SMILES string of the molecule is COc1ccc(OC)c(N2CCN(CC(=O)N3CCCC3)C2=O)c1. The van der Waals surface area contributed by atoms with E-state index in [-0.39, 0.29) is 18.5 Å². The molecule has 0 unspecified atom stereocenters. The van der Waals surface area contributed by atoms with Crippen LogP contribution in [-0.2, 0) is 4.79 Å². The summed E-state index contributed by atoms with van der Waals surface area (Å²) in [5.41, 5.74) is 0.665. The third kappa shape index (κ3) is 3.11. The normalized spacial score (nSPS) is 17.6. The van der Waals surface area contributed by atoms with Crippen LogP contribution < -0.4 is 14.4 Å². The van der Waals surface area contributed by atoms with Crippen molar-refractivity contribution in [2.75, 3.05) is 51.8 Å². The molecule has 3 rings (SSSR count). The number of anilines is 1. The van der Waals surface area contributed by atoms with Gasteiger partial charge in [0.15, 0.2) is 0 Å². The van der Waals surface area contributed by atoms with E-state index >= 15 is 0 Å². The highest BCUT2D eigenvalue weighted by Gasteiger charge is 2.33. The van der Waals surface area contributed by atoms with Crippen LogP contribution in [0, 0.1) is 0 Å². The van der Waals surface area contributed by atoms with E-state index < -0.39 is 0 Å². The van der Waals surface area contributed by atoms with Crippen LogP contribution in [0.3, 0.4) is 0 Å². The molecule has 2 heterocycles. The monoisotopic (exact) mass is 333 g/mol. The molecule has 1 aromatic carbocycles. The van der Waals surface area contributed by atoms with Gasteiger partial charge in [0.25, 0.3) is 0 Å². The molecule has 0 aliphatic carbocycles. The Morgan fingerprint density at radius 2 is 1.83 bits per heavy atom. The average molecular weight is 333 g/mol. The number of benzene rings is 1. The molecule has 7 nitrogen and oxygen atoms in total. The molecule has 130 valence electrons. The predicted molar refractivity (Wildman–Crippen MR) is 89.7 cm³/mol. The maximum Gasteiger partial charge on any atom is 0.325 e. The van der Waals surface area contributed by atoms with Gasteiger partial charge >= 0.3 is 6.03 Å². The molecule has 0 atom stereocenters. The highest BCUT2D eigenvalue weighted by Crippen LogP contribution is 2.34. The van der Waals surface area contributed by atoms with E-state index in [0.717, 1.165) is 25.9 Å². The lowest BCUT2D eigenvalue weighted by Gasteiger charge is -2.22. The molecule has 0 bridgehead atoms. The number of likely N-dealkylation sites (tertiary alicyclic amines) is 1. The van der Waals surface area contributed by atoms with Gasteiger partial charge in [-0.05, 0) is 25.0 Å². The van der Waals surface area contributed by atoms with E-state index in [1.54, 1.807) is 42.2 Å². The molecule has 3 amide bonds. The molecule has 0 N–H and O–H groups in total. The second kappa shape index (κ2) is 6.98. The smallest absolute Gasteiger partial charge is 0.325 e. The van der Waals surface area contributed by atoms with Gasteiger partial charge in [-0.25, -0.2) is 4.79 Å². The molecular formula is C17H23N3O4. The predicted octanol–water partition coefficient (Wildman–Crippen LogP) is 1.57. The van der Waals surface area contributed by atoms with E-state index in [0.29, 0.717) is 30.3 Å². The highest BCUT2D eigenvalue weighted by atomic mass is 16.5. The van der Waals surface area contributed by atoms with Gasteiger partial charge in [0, 0.05) is 32.2 Å². The Hall–Kier alpha value is -2.44. The molecule has 2 fully saturated rings. The summed E-state index contributed by atoms with van der Waals surface area (Å²) in [6.07, 6.45) is 2.10. The van der Waals surface area contributed by atoms with Crippen molar-refractivity contribution in [1.29, 1.82) is 0 Å². The molecule has 0 saturated carbocycles. The van der Waals surface area contributed by atoms with Crippen molar-refractivity contribution in [3.63, 3.8) is 0 Å². The van der Waals surface area contributed by atoms with Crippen LogP contribution in [0.2, 0.25) is 0 Å². The Kier molecular flexibility index (Phi) is 4.78. The first-order valence-electron chi connectivity index (χ1n) is 8.20. The topological polar surface area (TPSA) is 62.3 Å². The summed E-state index contributed by atoms with van der Waals surface area (Å²) in [6.45, 7) is 2.79. The van der Waals surface area contributed by atoms with Crippen LogP contribution in [-0.4, -0.2) is 68.7 Å². The van der Waals surface area contributed by atoms with Crippen molar-refractivity contribution in [2.45, 2.75) is 12.8 Å². The Bertz CT molecular complexity index is 628. The summed E-state index contributed by atoms with van der Waals surface area (Å²) in [5.74, 6) is 1.29. The van der Waals surface area contributed by atoms with Crippen molar-refractivity contribution in [3.05, 3.63) is 18.2 Å². The van der Waals surface area contributed by atoms with E-state index in [2.05, 4.69) is 0 Å². The summed E-state index contributed by atoms with van der Waals surface area (Å²) in [4.78, 5) is 30.1. The summed E-state index contributed by atoms with van der Waals surface area (Å²) in [5, 5.41) is 0. The number of amides is 3. The van der Waals surface area contributed by atoms with Gasteiger partial charge in [0.05, 0.1) is 19.9 Å². The van der Waals surface area contributed by atoms with Crippen LogP contribution in [0.1, 0.15) is 12.8 Å². The number of ether oxygens (including phenoxy) is 2. The summed E-state index contributed by atoms with van der Waals surface area (Å²) in [7, 11) is 3.15. The highest BCUT2D eigenvalue weighted by molar-refractivity contribution is 5.98. The first kappa shape index (κ1) is 16.4. The lowest BCUT2D eigenvalue weighted by Crippen LogP contribution is -2.41. The second-order valence-electron chi connectivity index (χ2n) is 5.98. The fourth-order valence-corrected chi connectivity index (χ4v) is 3.19. The third-order valence-corrected chi connectivity index (χ3v) is 4.56. The standard InChI is InChI=1S/C17H23N3O4/c1-23-13-5-6-15(24-2)14(11-13)20-10-9-19(17(20)22)12-16(21)18-7-3-4-8-18/h5-6,11H,3-4,7-10,12H2,1-2H3. The lowest BCUT2D eigenvalue weighted by atomic mass is 10.2. The van der Waals surface area contributed by atoms with Gasteiger partial charge < -0.3 is 19.3 Å². The minimum atomic E-state index is -0.172. The van der Waals surface area contributed by atoms with E-state index in [4.69, 9.17) is 9.47 Å². The zero-order valence-electron chi connectivity index (χ0n) is 14.2. The van der Waals surface area contributed by atoms with Crippen LogP contribution in [0.25, 0.3) is 0 Å². The zero-order valence-corrected chi connectivity index (χ0v) is 14.2. The fourth-order valence-electron chi connectivity index (χ4n) is 3.19. The van der Waals surface area contributed by atoms with Crippen molar-refractivity contribution >= 4 is 17.6 Å². The number of hydrogen-bond donors (Lipinski definition) is 0. The number of methoxy groups -OCH3 is 2. The van der Waals surface area contributed by atoms with Crippen LogP contribution in [0.5, 0.6) is 11.5 Å². The maximum absolute atomic E-state index is 12.7. The molecule has 0 spiro atoms. The summed E-state index contributed by atoms with van der Waals surface area (Å²) < 4.78 is 10.6. The number of hydrogen-bond acceptors (Lipinski definition) is 4. The quantitative estimate of drug-likeness (QED) is 0.820. The zero-order chi connectivity index (χ0) is 17.1. The number of urea groups is 1.